The standard InChI is InChI=1S/C19H28N2O3/c1-3-24-17-8-5-4-7-16(17)15(2)20-18(22)21-11-12-23-14-19(13-21)9-6-10-19/h4-5,7-8,15H,3,6,9-14H2,1-2H3,(H,20,22). The number of amides is 2. The van der Waals surface area contributed by atoms with Gasteiger partial charge in [0.25, 0.3) is 0 Å². The summed E-state index contributed by atoms with van der Waals surface area (Å²) in [4.78, 5) is 14.7. The molecule has 1 unspecified atom stereocenters. The van der Waals surface area contributed by atoms with Gasteiger partial charge < -0.3 is 19.7 Å². The van der Waals surface area contributed by atoms with E-state index in [0.717, 1.165) is 24.5 Å². The van der Waals surface area contributed by atoms with Gasteiger partial charge in [-0.3, -0.25) is 0 Å². The summed E-state index contributed by atoms with van der Waals surface area (Å²) in [6.45, 7) is 7.47. The fourth-order valence-electron chi connectivity index (χ4n) is 3.63. The van der Waals surface area contributed by atoms with Crippen LogP contribution in [0.4, 0.5) is 4.79 Å². The van der Waals surface area contributed by atoms with E-state index < -0.39 is 0 Å². The Labute approximate surface area is 144 Å². The molecule has 1 spiro atoms. The van der Waals surface area contributed by atoms with E-state index in [1.807, 2.05) is 43.0 Å². The molecule has 5 heteroatoms. The van der Waals surface area contributed by atoms with E-state index in [9.17, 15) is 4.79 Å². The van der Waals surface area contributed by atoms with E-state index in [1.54, 1.807) is 0 Å². The van der Waals surface area contributed by atoms with Gasteiger partial charge in [0.1, 0.15) is 5.75 Å². The minimum atomic E-state index is -0.0956. The molecule has 1 N–H and O–H groups in total. The van der Waals surface area contributed by atoms with E-state index in [4.69, 9.17) is 9.47 Å². The minimum absolute atomic E-state index is 0.00873. The number of carbonyl (C=O) groups is 1. The van der Waals surface area contributed by atoms with Gasteiger partial charge >= 0.3 is 6.03 Å². The number of hydrogen-bond donors (Lipinski definition) is 1. The van der Waals surface area contributed by atoms with Gasteiger partial charge in [-0.2, -0.15) is 0 Å². The van der Waals surface area contributed by atoms with E-state index in [-0.39, 0.29) is 17.5 Å². The number of carbonyl (C=O) groups excluding carboxylic acids is 1. The second-order valence-electron chi connectivity index (χ2n) is 6.97. The monoisotopic (exact) mass is 332 g/mol. The Bertz CT molecular complexity index is 571. The highest BCUT2D eigenvalue weighted by atomic mass is 16.5. The zero-order valence-electron chi connectivity index (χ0n) is 14.7. The fourth-order valence-corrected chi connectivity index (χ4v) is 3.63. The third-order valence-electron chi connectivity index (χ3n) is 5.17. The molecule has 1 aromatic carbocycles. The lowest BCUT2D eigenvalue weighted by Gasteiger charge is -2.42. The summed E-state index contributed by atoms with van der Waals surface area (Å²) in [5, 5.41) is 3.13. The van der Waals surface area contributed by atoms with Crippen molar-refractivity contribution in [1.82, 2.24) is 10.2 Å². The predicted octanol–water partition coefficient (Wildman–Crippen LogP) is 3.36. The maximum atomic E-state index is 12.8. The summed E-state index contributed by atoms with van der Waals surface area (Å²) >= 11 is 0. The number of para-hydroxylation sites is 1. The van der Waals surface area contributed by atoms with Crippen molar-refractivity contribution in [2.45, 2.75) is 39.2 Å². The van der Waals surface area contributed by atoms with Gasteiger partial charge in [0.15, 0.2) is 0 Å². The number of ether oxygens (including phenoxy) is 2. The zero-order valence-corrected chi connectivity index (χ0v) is 14.7. The molecule has 0 radical (unpaired) electrons. The highest BCUT2D eigenvalue weighted by molar-refractivity contribution is 5.75. The van der Waals surface area contributed by atoms with Crippen molar-refractivity contribution in [1.29, 1.82) is 0 Å². The number of nitrogens with zero attached hydrogens (tertiary/aromatic N) is 1. The molecule has 3 rings (SSSR count). The molecular weight excluding hydrogens is 304 g/mol. The van der Waals surface area contributed by atoms with Crippen LogP contribution >= 0.6 is 0 Å². The number of urea groups is 1. The highest BCUT2D eigenvalue weighted by Crippen LogP contribution is 2.42. The van der Waals surface area contributed by atoms with Gasteiger partial charge in [0.2, 0.25) is 0 Å². The first kappa shape index (κ1) is 17.1. The van der Waals surface area contributed by atoms with E-state index >= 15 is 0 Å². The summed E-state index contributed by atoms with van der Waals surface area (Å²) in [5.74, 6) is 0.836. The Morgan fingerprint density at radius 1 is 1.42 bits per heavy atom. The third-order valence-corrected chi connectivity index (χ3v) is 5.17. The van der Waals surface area contributed by atoms with E-state index in [2.05, 4.69) is 5.32 Å². The van der Waals surface area contributed by atoms with Crippen molar-refractivity contribution in [2.75, 3.05) is 32.9 Å². The Morgan fingerprint density at radius 3 is 2.92 bits per heavy atom. The SMILES string of the molecule is CCOc1ccccc1C(C)NC(=O)N1CCOCC2(CCC2)C1. The number of rotatable bonds is 4. The van der Waals surface area contributed by atoms with Crippen LogP contribution in [0.1, 0.15) is 44.7 Å². The van der Waals surface area contributed by atoms with Crippen LogP contribution in [-0.4, -0.2) is 43.8 Å². The fraction of sp³-hybridized carbons (Fsp3) is 0.632. The average molecular weight is 332 g/mol. The van der Waals surface area contributed by atoms with Crippen LogP contribution < -0.4 is 10.1 Å². The van der Waals surface area contributed by atoms with Crippen molar-refractivity contribution >= 4 is 6.03 Å². The molecule has 2 aliphatic rings. The van der Waals surface area contributed by atoms with Crippen molar-refractivity contribution in [3.8, 4) is 5.75 Å². The number of nitrogens with one attached hydrogen (secondary N) is 1. The minimum Gasteiger partial charge on any atom is -0.494 e. The molecule has 1 aromatic rings. The molecule has 24 heavy (non-hydrogen) atoms. The Balaban J connectivity index is 1.65. The molecule has 1 aliphatic heterocycles. The first-order valence-corrected chi connectivity index (χ1v) is 8.98. The topological polar surface area (TPSA) is 50.8 Å². The smallest absolute Gasteiger partial charge is 0.317 e. The average Bonchev–Trinajstić information content (AvgIpc) is 2.78. The zero-order chi connectivity index (χ0) is 17.0. The van der Waals surface area contributed by atoms with Crippen LogP contribution in [0.15, 0.2) is 24.3 Å². The lowest BCUT2D eigenvalue weighted by Crippen LogP contribution is -2.49. The molecule has 0 bridgehead atoms. The van der Waals surface area contributed by atoms with Crippen molar-refractivity contribution < 1.29 is 14.3 Å². The molecular formula is C19H28N2O3. The second kappa shape index (κ2) is 7.43. The van der Waals surface area contributed by atoms with Crippen LogP contribution in [0.2, 0.25) is 0 Å². The summed E-state index contributed by atoms with van der Waals surface area (Å²) < 4.78 is 11.4. The second-order valence-corrected chi connectivity index (χ2v) is 6.97. The molecule has 1 saturated heterocycles. The first-order valence-electron chi connectivity index (χ1n) is 8.98. The van der Waals surface area contributed by atoms with Gasteiger partial charge in [-0.25, -0.2) is 4.79 Å². The number of benzene rings is 1. The molecule has 1 aliphatic carbocycles. The van der Waals surface area contributed by atoms with Crippen LogP contribution in [0.5, 0.6) is 5.75 Å². The van der Waals surface area contributed by atoms with Crippen LogP contribution in [0.3, 0.4) is 0 Å². The number of hydrogen-bond acceptors (Lipinski definition) is 3. The summed E-state index contributed by atoms with van der Waals surface area (Å²) in [5.41, 5.74) is 1.21. The van der Waals surface area contributed by atoms with E-state index in [1.165, 1.54) is 19.3 Å². The molecule has 2 amide bonds. The van der Waals surface area contributed by atoms with Crippen LogP contribution in [-0.2, 0) is 4.74 Å². The maximum absolute atomic E-state index is 12.8. The summed E-state index contributed by atoms with van der Waals surface area (Å²) in [6, 6.07) is 7.78. The van der Waals surface area contributed by atoms with Gasteiger partial charge in [0.05, 0.1) is 25.9 Å². The third kappa shape index (κ3) is 3.66. The van der Waals surface area contributed by atoms with Gasteiger partial charge in [-0.05, 0) is 32.8 Å². The van der Waals surface area contributed by atoms with E-state index in [0.29, 0.717) is 19.8 Å². The highest BCUT2D eigenvalue weighted by Gasteiger charge is 2.41. The lowest BCUT2D eigenvalue weighted by molar-refractivity contribution is 0.0126. The van der Waals surface area contributed by atoms with Crippen LogP contribution in [0, 0.1) is 5.41 Å². The largest absolute Gasteiger partial charge is 0.494 e. The predicted molar refractivity (Wildman–Crippen MR) is 93.2 cm³/mol. The van der Waals surface area contributed by atoms with Crippen LogP contribution in [0.25, 0.3) is 0 Å². The quantitative estimate of drug-likeness (QED) is 0.920. The molecule has 0 aromatic heterocycles. The molecule has 2 fully saturated rings. The Hall–Kier alpha value is -1.75. The maximum Gasteiger partial charge on any atom is 0.317 e. The summed E-state index contributed by atoms with van der Waals surface area (Å²) in [6.07, 6.45) is 3.58. The van der Waals surface area contributed by atoms with Crippen molar-refractivity contribution in [2.24, 2.45) is 5.41 Å². The molecule has 5 nitrogen and oxygen atoms in total. The molecule has 132 valence electrons. The van der Waals surface area contributed by atoms with Gasteiger partial charge in [-0.1, -0.05) is 24.6 Å². The normalized spacial score (nSPS) is 20.8. The van der Waals surface area contributed by atoms with Gasteiger partial charge in [0, 0.05) is 24.1 Å². The lowest BCUT2D eigenvalue weighted by atomic mass is 9.69. The molecule has 1 saturated carbocycles. The Kier molecular flexibility index (Phi) is 5.29. The van der Waals surface area contributed by atoms with Crippen molar-refractivity contribution in [3.63, 3.8) is 0 Å². The summed E-state index contributed by atoms with van der Waals surface area (Å²) in [7, 11) is 0. The van der Waals surface area contributed by atoms with Crippen molar-refractivity contribution in [3.05, 3.63) is 29.8 Å². The molecule has 1 atom stereocenters. The first-order chi connectivity index (χ1) is 11.6. The Morgan fingerprint density at radius 2 is 2.21 bits per heavy atom. The molecule has 1 heterocycles. The van der Waals surface area contributed by atoms with Gasteiger partial charge in [-0.15, -0.1) is 0 Å².